The van der Waals surface area contributed by atoms with Gasteiger partial charge in [0.15, 0.2) is 0 Å². The van der Waals surface area contributed by atoms with Crippen molar-refractivity contribution in [3.05, 3.63) is 129 Å². The number of unbranched alkanes of at least 4 members (excludes halogenated alkanes) is 3. The second-order valence-corrected chi connectivity index (χ2v) is 27.5. The molecule has 6 rings (SSSR count). The molecule has 0 aliphatic heterocycles. The summed E-state index contributed by atoms with van der Waals surface area (Å²) in [5.41, 5.74) is 19.3. The zero-order valence-corrected chi connectivity index (χ0v) is 42.2. The predicted molar refractivity (Wildman–Crippen MR) is 268 cm³/mol. The first kappa shape index (κ1) is 47.0. The summed E-state index contributed by atoms with van der Waals surface area (Å²) < 4.78 is 13.2. The van der Waals surface area contributed by atoms with E-state index in [1.165, 1.54) is 74.9 Å². The molecular formula is C58H80O2Si. The fourth-order valence-corrected chi connectivity index (χ4v) is 15.9. The number of allylic oxidation sites excluding steroid dienone is 3. The van der Waals surface area contributed by atoms with E-state index in [-0.39, 0.29) is 22.0 Å². The van der Waals surface area contributed by atoms with E-state index < -0.39 is 8.07 Å². The Morgan fingerprint density at radius 2 is 1.08 bits per heavy atom. The predicted octanol–water partition coefficient (Wildman–Crippen LogP) is 16.6. The van der Waals surface area contributed by atoms with Gasteiger partial charge in [-0.25, -0.2) is 0 Å². The highest BCUT2D eigenvalue weighted by molar-refractivity contribution is 6.83. The van der Waals surface area contributed by atoms with E-state index >= 15 is 0 Å². The van der Waals surface area contributed by atoms with Crippen molar-refractivity contribution in [3.8, 4) is 22.3 Å². The molecule has 0 aromatic heterocycles. The minimum absolute atomic E-state index is 0.0804. The molecule has 3 unspecified atom stereocenters. The summed E-state index contributed by atoms with van der Waals surface area (Å²) in [5, 5.41) is 0. The van der Waals surface area contributed by atoms with Gasteiger partial charge in [0, 0.05) is 23.9 Å². The van der Waals surface area contributed by atoms with Crippen LogP contribution >= 0.6 is 0 Å². The molecule has 4 aromatic carbocycles. The molecule has 2 aliphatic carbocycles. The third kappa shape index (κ3) is 10.5. The summed E-state index contributed by atoms with van der Waals surface area (Å²) in [6.45, 7) is 37.9. The van der Waals surface area contributed by atoms with E-state index in [1.54, 1.807) is 16.7 Å². The van der Waals surface area contributed by atoms with Crippen LogP contribution in [-0.2, 0) is 20.3 Å². The molecular weight excluding hydrogens is 757 g/mol. The van der Waals surface area contributed by atoms with Crippen LogP contribution in [0, 0.1) is 5.92 Å². The molecule has 61 heavy (non-hydrogen) atoms. The Morgan fingerprint density at radius 3 is 1.61 bits per heavy atom. The van der Waals surface area contributed by atoms with Gasteiger partial charge in [-0.05, 0) is 146 Å². The summed E-state index contributed by atoms with van der Waals surface area (Å²) in [6.07, 6.45) is 9.20. The minimum atomic E-state index is -2.49. The number of ether oxygens (including phenoxy) is 2. The molecule has 2 aliphatic rings. The Balaban J connectivity index is 1.50. The summed E-state index contributed by atoms with van der Waals surface area (Å²) in [4.78, 5) is 0. The van der Waals surface area contributed by atoms with Crippen LogP contribution < -0.4 is 0 Å². The van der Waals surface area contributed by atoms with Gasteiger partial charge in [0.1, 0.15) is 8.07 Å². The van der Waals surface area contributed by atoms with Crippen LogP contribution in [0.4, 0.5) is 0 Å². The molecule has 0 heterocycles. The Bertz CT molecular complexity index is 2210. The first-order valence-electron chi connectivity index (χ1n) is 23.6. The van der Waals surface area contributed by atoms with Crippen molar-refractivity contribution >= 4 is 19.7 Å². The van der Waals surface area contributed by atoms with Crippen LogP contribution in [0.25, 0.3) is 33.9 Å². The van der Waals surface area contributed by atoms with Gasteiger partial charge in [0.05, 0.1) is 11.2 Å². The van der Waals surface area contributed by atoms with Crippen molar-refractivity contribution in [2.75, 3.05) is 12.8 Å². The van der Waals surface area contributed by atoms with E-state index in [0.29, 0.717) is 17.0 Å². The van der Waals surface area contributed by atoms with Gasteiger partial charge in [0.2, 0.25) is 0 Å². The molecule has 4 aromatic rings. The van der Waals surface area contributed by atoms with E-state index in [9.17, 15) is 0 Å². The van der Waals surface area contributed by atoms with Crippen molar-refractivity contribution in [2.45, 2.75) is 176 Å². The molecule has 0 N–H and O–H groups in total. The fraction of sp³-hybridized carbons (Fsp3) is 0.517. The third-order valence-electron chi connectivity index (χ3n) is 13.5. The first-order valence-corrected chi connectivity index (χ1v) is 26.4. The molecule has 0 spiro atoms. The van der Waals surface area contributed by atoms with Crippen molar-refractivity contribution in [1.82, 2.24) is 0 Å². The Labute approximate surface area is 373 Å². The molecule has 0 saturated heterocycles. The largest absolute Gasteiger partial charge is 0.379 e. The van der Waals surface area contributed by atoms with Crippen molar-refractivity contribution < 1.29 is 9.47 Å². The number of fused-ring (bicyclic) bond motifs is 2. The Hall–Kier alpha value is -3.50. The van der Waals surface area contributed by atoms with E-state index in [1.807, 2.05) is 0 Å². The van der Waals surface area contributed by atoms with Crippen molar-refractivity contribution in [2.24, 2.45) is 5.92 Å². The monoisotopic (exact) mass is 837 g/mol. The fourth-order valence-electron chi connectivity index (χ4n) is 10.2. The number of hydrogen-bond acceptors (Lipinski definition) is 2. The van der Waals surface area contributed by atoms with Gasteiger partial charge >= 0.3 is 0 Å². The molecule has 0 radical (unpaired) electrons. The van der Waals surface area contributed by atoms with Crippen LogP contribution in [0.1, 0.15) is 180 Å². The van der Waals surface area contributed by atoms with Gasteiger partial charge in [-0.1, -0.05) is 177 Å². The lowest BCUT2D eigenvalue weighted by Gasteiger charge is -2.44. The lowest BCUT2D eigenvalue weighted by molar-refractivity contribution is -0.00473. The molecule has 0 amide bonds. The molecule has 3 atom stereocenters. The van der Waals surface area contributed by atoms with Gasteiger partial charge in [-0.15, -0.1) is 0 Å². The molecule has 3 heteroatoms. The zero-order chi connectivity index (χ0) is 44.7. The summed E-state index contributed by atoms with van der Waals surface area (Å²) >= 11 is 0. The number of hydrogen-bond donors (Lipinski definition) is 0. The average molecular weight is 837 g/mol. The second kappa shape index (κ2) is 17.9. The quantitative estimate of drug-likeness (QED) is 0.0930. The van der Waals surface area contributed by atoms with E-state index in [4.69, 9.17) is 9.47 Å². The van der Waals surface area contributed by atoms with Crippen LogP contribution in [0.2, 0.25) is 6.55 Å². The molecule has 2 nitrogen and oxygen atoms in total. The van der Waals surface area contributed by atoms with Crippen LogP contribution in [0.5, 0.6) is 0 Å². The standard InChI is InChI=1S/C58H80O2Si/c1-39(2)50-37-51-46(41-28-32-43(33-29-41)55(4,5)6)24-21-26-48(51)54(50)61(16,38-60-58(13,14)15)53-40(3)45(23-19-17-18-20-36-59-57(10,11)12)52-47(25-22-27-49(52)53)42-30-34-44(35-31-42)56(7,8)9/h21-22,24-35,37,39,53-54H,17-20,23,36,38H2,1-16H3. The zero-order valence-electron chi connectivity index (χ0n) is 41.2. The Kier molecular flexibility index (Phi) is 13.8. The van der Waals surface area contributed by atoms with Crippen LogP contribution in [0.3, 0.4) is 0 Å². The summed E-state index contributed by atoms with van der Waals surface area (Å²) in [5.74, 6) is 0.412. The minimum Gasteiger partial charge on any atom is -0.379 e. The van der Waals surface area contributed by atoms with Crippen molar-refractivity contribution in [1.29, 1.82) is 0 Å². The maximum absolute atomic E-state index is 7.14. The highest BCUT2D eigenvalue weighted by Gasteiger charge is 2.53. The maximum Gasteiger partial charge on any atom is 0.104 e. The topological polar surface area (TPSA) is 18.5 Å². The molecule has 0 saturated carbocycles. The van der Waals surface area contributed by atoms with E-state index in [2.05, 4.69) is 201 Å². The molecule has 0 bridgehead atoms. The van der Waals surface area contributed by atoms with Crippen molar-refractivity contribution in [3.63, 3.8) is 0 Å². The Morgan fingerprint density at radius 1 is 0.574 bits per heavy atom. The van der Waals surface area contributed by atoms with Gasteiger partial charge in [0.25, 0.3) is 0 Å². The van der Waals surface area contributed by atoms with Gasteiger partial charge < -0.3 is 9.47 Å². The highest BCUT2D eigenvalue weighted by Crippen LogP contribution is 2.58. The lowest BCUT2D eigenvalue weighted by atomic mass is 9.85. The first-order chi connectivity index (χ1) is 28.4. The third-order valence-corrected chi connectivity index (χ3v) is 18.3. The molecule has 0 fully saturated rings. The van der Waals surface area contributed by atoms with Crippen LogP contribution in [-0.4, -0.2) is 32.1 Å². The smallest absolute Gasteiger partial charge is 0.104 e. The number of rotatable bonds is 14. The maximum atomic E-state index is 7.14. The lowest BCUT2D eigenvalue weighted by Crippen LogP contribution is -2.52. The highest BCUT2D eigenvalue weighted by atomic mass is 28.3. The summed E-state index contributed by atoms with van der Waals surface area (Å²) in [6, 6.07) is 33.3. The SMILES string of the molecule is CC1=C(CCCCCCOC(C)(C)C)c2c(-c3ccc(C(C)(C)C)cc3)cccc2C1[Si](C)(COC(C)(C)C)C1C(C(C)C)=Cc2c(-c3ccc(C(C)(C)C)cc3)cccc21. The van der Waals surface area contributed by atoms with Gasteiger partial charge in [-0.2, -0.15) is 0 Å². The normalized spacial score (nSPS) is 18.1. The number of benzene rings is 4. The second-order valence-electron chi connectivity index (χ2n) is 23.1. The van der Waals surface area contributed by atoms with Crippen LogP contribution in [0.15, 0.2) is 96.1 Å². The van der Waals surface area contributed by atoms with E-state index in [0.717, 1.165) is 25.7 Å². The molecule has 328 valence electrons. The van der Waals surface area contributed by atoms with Gasteiger partial charge in [-0.3, -0.25) is 0 Å². The summed E-state index contributed by atoms with van der Waals surface area (Å²) in [7, 11) is -2.49. The average Bonchev–Trinajstić information content (AvgIpc) is 3.71.